The number of amides is 1. The Labute approximate surface area is 181 Å². The molecule has 8 nitrogen and oxygen atoms in total. The van der Waals surface area contributed by atoms with Crippen molar-refractivity contribution in [2.75, 3.05) is 11.9 Å². The summed E-state index contributed by atoms with van der Waals surface area (Å²) in [5, 5.41) is 6.07. The van der Waals surface area contributed by atoms with Gasteiger partial charge >= 0.3 is 6.55 Å². The van der Waals surface area contributed by atoms with E-state index in [-0.39, 0.29) is 39.9 Å². The molecule has 0 unspecified atom stereocenters. The Morgan fingerprint density at radius 3 is 2.66 bits per heavy atom. The zero-order valence-electron chi connectivity index (χ0n) is 17.7. The predicted octanol–water partition coefficient (Wildman–Crippen LogP) is 3.93. The second-order valence-electron chi connectivity index (χ2n) is 8.99. The average molecular weight is 449 g/mol. The van der Waals surface area contributed by atoms with Crippen LogP contribution in [0.1, 0.15) is 56.3 Å². The Bertz CT molecular complexity index is 1210. The lowest BCUT2D eigenvalue weighted by molar-refractivity contribution is 0.0154. The normalized spacial score (nSPS) is 24.4. The van der Waals surface area contributed by atoms with Crippen molar-refractivity contribution in [3.63, 3.8) is 0 Å². The van der Waals surface area contributed by atoms with Crippen LogP contribution in [0.5, 0.6) is 5.75 Å². The van der Waals surface area contributed by atoms with Crippen LogP contribution >= 0.6 is 0 Å². The van der Waals surface area contributed by atoms with Gasteiger partial charge in [0.1, 0.15) is 5.69 Å². The van der Waals surface area contributed by atoms with Crippen LogP contribution in [-0.4, -0.2) is 43.4 Å². The van der Waals surface area contributed by atoms with Crippen LogP contribution in [0.3, 0.4) is 0 Å². The van der Waals surface area contributed by atoms with E-state index >= 15 is 4.39 Å². The fraction of sp³-hybridized carbons (Fsp3) is 0.476. The summed E-state index contributed by atoms with van der Waals surface area (Å²) in [5.74, 6) is -1.67. The highest BCUT2D eigenvalue weighted by Crippen LogP contribution is 2.58. The largest absolute Gasteiger partial charge is 0.486 e. The number of alkyl halides is 2. The molecule has 11 heteroatoms. The van der Waals surface area contributed by atoms with Gasteiger partial charge in [-0.3, -0.25) is 4.79 Å². The fourth-order valence-electron chi connectivity index (χ4n) is 4.67. The van der Waals surface area contributed by atoms with E-state index in [4.69, 9.17) is 9.47 Å². The lowest BCUT2D eigenvalue weighted by Gasteiger charge is -2.41. The monoisotopic (exact) mass is 449 g/mol. The minimum absolute atomic E-state index is 0.0443. The molecule has 6 rings (SSSR count). The summed E-state index contributed by atoms with van der Waals surface area (Å²) in [6, 6.07) is 1.15. The van der Waals surface area contributed by atoms with Crippen LogP contribution in [0.2, 0.25) is 0 Å². The molecule has 3 aromatic heterocycles. The third kappa shape index (κ3) is 3.22. The number of fused-ring (bicyclic) bond motifs is 2. The lowest BCUT2D eigenvalue weighted by Crippen LogP contribution is -2.45. The molecular formula is C21H22F3N5O3. The molecule has 0 atom stereocenters. The summed E-state index contributed by atoms with van der Waals surface area (Å²) in [6.07, 6.45) is 5.47. The van der Waals surface area contributed by atoms with Gasteiger partial charge in [-0.25, -0.2) is 9.67 Å². The van der Waals surface area contributed by atoms with E-state index in [1.807, 2.05) is 6.92 Å². The average Bonchev–Trinajstić information content (AvgIpc) is 3.45. The third-order valence-corrected chi connectivity index (χ3v) is 5.95. The first kappa shape index (κ1) is 20.8. The first-order chi connectivity index (χ1) is 15.1. The summed E-state index contributed by atoms with van der Waals surface area (Å²) in [6.45, 7) is 3.15. The van der Waals surface area contributed by atoms with E-state index in [1.54, 1.807) is 20.0 Å². The Hall–Kier alpha value is -3.08. The number of carbonyl (C=O) groups excluding carboxylic acids is 1. The van der Waals surface area contributed by atoms with Gasteiger partial charge in [-0.2, -0.15) is 18.3 Å². The minimum atomic E-state index is -2.87. The molecule has 3 fully saturated rings. The van der Waals surface area contributed by atoms with Crippen molar-refractivity contribution in [2.45, 2.75) is 57.3 Å². The maximum Gasteiger partial charge on any atom is 0.333 e. The highest BCUT2D eigenvalue weighted by molar-refractivity contribution is 6.03. The van der Waals surface area contributed by atoms with Crippen LogP contribution in [0, 0.1) is 5.82 Å². The van der Waals surface area contributed by atoms with Crippen LogP contribution in [-0.2, 0) is 10.2 Å². The smallest absolute Gasteiger partial charge is 0.333 e. The molecule has 0 radical (unpaired) electrons. The molecular weight excluding hydrogens is 427 g/mol. The molecule has 32 heavy (non-hydrogen) atoms. The first-order valence-electron chi connectivity index (χ1n) is 10.3. The fourth-order valence-corrected chi connectivity index (χ4v) is 4.67. The maximum atomic E-state index is 15.5. The maximum absolute atomic E-state index is 15.5. The zero-order valence-corrected chi connectivity index (χ0v) is 17.7. The van der Waals surface area contributed by atoms with Gasteiger partial charge in [0.15, 0.2) is 17.1 Å². The minimum Gasteiger partial charge on any atom is -0.486 e. The van der Waals surface area contributed by atoms with Crippen molar-refractivity contribution < 1.29 is 27.4 Å². The molecule has 1 saturated carbocycles. The van der Waals surface area contributed by atoms with Crippen molar-refractivity contribution in [1.82, 2.24) is 19.2 Å². The molecule has 1 N–H and O–H groups in total. The molecule has 2 saturated heterocycles. The van der Waals surface area contributed by atoms with Crippen LogP contribution < -0.4 is 10.1 Å². The molecule has 1 amide bonds. The van der Waals surface area contributed by atoms with E-state index in [0.717, 1.165) is 30.8 Å². The number of anilines is 1. The van der Waals surface area contributed by atoms with Gasteiger partial charge < -0.3 is 19.2 Å². The Balaban J connectivity index is 1.52. The number of rotatable bonds is 6. The van der Waals surface area contributed by atoms with Crippen LogP contribution in [0.15, 0.2) is 24.7 Å². The van der Waals surface area contributed by atoms with Crippen LogP contribution in [0.4, 0.5) is 18.9 Å². The van der Waals surface area contributed by atoms with E-state index in [0.29, 0.717) is 11.3 Å². The number of ether oxygens (including phenoxy) is 2. The number of imidazole rings is 1. The summed E-state index contributed by atoms with van der Waals surface area (Å²) in [7, 11) is 0. The number of hydrogen-bond donors (Lipinski definition) is 1. The van der Waals surface area contributed by atoms with Crippen molar-refractivity contribution in [3.8, 4) is 5.75 Å². The quantitative estimate of drug-likeness (QED) is 0.617. The first-order valence-corrected chi connectivity index (χ1v) is 10.3. The summed E-state index contributed by atoms with van der Waals surface area (Å²) >= 11 is 0. The van der Waals surface area contributed by atoms with E-state index < -0.39 is 18.3 Å². The van der Waals surface area contributed by atoms with Crippen molar-refractivity contribution in [2.24, 2.45) is 0 Å². The Morgan fingerprint density at radius 1 is 1.31 bits per heavy atom. The third-order valence-electron chi connectivity index (χ3n) is 5.95. The van der Waals surface area contributed by atoms with Gasteiger partial charge in [0.2, 0.25) is 5.82 Å². The van der Waals surface area contributed by atoms with E-state index in [2.05, 4.69) is 15.4 Å². The lowest BCUT2D eigenvalue weighted by atomic mass is 9.62. The van der Waals surface area contributed by atoms with E-state index in [9.17, 15) is 13.6 Å². The molecule has 170 valence electrons. The number of pyridine rings is 1. The van der Waals surface area contributed by atoms with Crippen molar-refractivity contribution in [1.29, 1.82) is 0 Å². The highest BCUT2D eigenvalue weighted by Gasteiger charge is 2.61. The molecule has 0 spiro atoms. The number of hydrogen-bond acceptors (Lipinski definition) is 5. The van der Waals surface area contributed by atoms with Crippen LogP contribution in [0.25, 0.3) is 5.65 Å². The number of carbonyl (C=O) groups is 1. The van der Waals surface area contributed by atoms with Crippen molar-refractivity contribution >= 4 is 17.2 Å². The van der Waals surface area contributed by atoms with Gasteiger partial charge in [-0.1, -0.05) is 0 Å². The Kier molecular flexibility index (Phi) is 4.52. The van der Waals surface area contributed by atoms with Gasteiger partial charge in [0.25, 0.3) is 5.91 Å². The number of nitrogens with one attached hydrogen (secondary N) is 1. The van der Waals surface area contributed by atoms with Gasteiger partial charge in [-0.05, 0) is 39.7 Å². The topological polar surface area (TPSA) is 82.7 Å². The Morgan fingerprint density at radius 2 is 2.06 bits per heavy atom. The zero-order chi connectivity index (χ0) is 22.8. The number of aromatic nitrogens is 4. The standard InChI is InChI=1S/C21H22F3N5O3/c1-11(2)32-16-13(25-18(30)12-4-5-29(27-12)19(23)24)6-28-7-14(26-17(28)15(16)22)21-8-20(3,9-21)31-10-21/h4-7,11,19H,8-10H2,1-3H3,(H,25,30). The molecule has 2 aliphatic heterocycles. The number of nitrogens with zero attached hydrogens (tertiary/aromatic N) is 4. The molecule has 0 aromatic carbocycles. The molecule has 5 heterocycles. The summed E-state index contributed by atoms with van der Waals surface area (Å²) in [4.78, 5) is 17.1. The highest BCUT2D eigenvalue weighted by atomic mass is 19.3. The SMILES string of the molecule is CC(C)Oc1c(NC(=O)c2ccn(C(F)F)n2)cn2cc(C34COC(C)(C3)C4)nc2c1F. The second kappa shape index (κ2) is 6.96. The molecule has 3 aliphatic rings. The molecule has 3 aromatic rings. The van der Waals surface area contributed by atoms with Gasteiger partial charge in [0, 0.05) is 24.0 Å². The second-order valence-corrected chi connectivity index (χ2v) is 8.99. The number of halogens is 3. The van der Waals surface area contributed by atoms with Crippen molar-refractivity contribution in [3.05, 3.63) is 41.9 Å². The molecule has 1 aliphatic carbocycles. The predicted molar refractivity (Wildman–Crippen MR) is 108 cm³/mol. The van der Waals surface area contributed by atoms with Gasteiger partial charge in [0.05, 0.1) is 24.0 Å². The van der Waals surface area contributed by atoms with Gasteiger partial charge in [-0.15, -0.1) is 0 Å². The van der Waals surface area contributed by atoms with E-state index in [1.165, 1.54) is 10.6 Å². The molecule has 2 bridgehead atoms. The summed E-state index contributed by atoms with van der Waals surface area (Å²) in [5.41, 5.74) is 0.219. The summed E-state index contributed by atoms with van der Waals surface area (Å²) < 4.78 is 54.3.